The molecule has 0 saturated carbocycles. The zero-order valence-electron chi connectivity index (χ0n) is 9.27. The van der Waals surface area contributed by atoms with E-state index in [-0.39, 0.29) is 0 Å². The number of aromatic nitrogens is 1. The molecule has 0 unspecified atom stereocenters. The van der Waals surface area contributed by atoms with Crippen LogP contribution in [0.3, 0.4) is 0 Å². The molecule has 6 heteroatoms. The van der Waals surface area contributed by atoms with E-state index in [1.807, 2.05) is 19.2 Å². The second-order valence-corrected chi connectivity index (χ2v) is 5.75. The Bertz CT molecular complexity index is 407. The fourth-order valence-corrected chi connectivity index (χ4v) is 1.54. The third-order valence-electron chi connectivity index (χ3n) is 2.08. The molecule has 1 heterocycles. The number of alkyl halides is 3. The van der Waals surface area contributed by atoms with Gasteiger partial charge in [0.05, 0.1) is 5.69 Å². The smallest absolute Gasteiger partial charge is 0.254 e. The van der Waals surface area contributed by atoms with Crippen LogP contribution in [0.2, 0.25) is 0 Å². The third-order valence-corrected chi connectivity index (χ3v) is 2.59. The lowest BCUT2D eigenvalue weighted by atomic mass is 10.2. The monoisotopic (exact) mass is 294 g/mol. The standard InChI is InChI=1S/C11H13Cl3N2O/c1-15-5-3-2-4-8-6-9(16-7-8)10(17)11(12,13)14/h2,4,6-7,15-16H,3,5H2,1H3. The summed E-state index contributed by atoms with van der Waals surface area (Å²) in [5.74, 6) is -0.558. The van der Waals surface area contributed by atoms with E-state index < -0.39 is 9.58 Å². The number of rotatable bonds is 5. The van der Waals surface area contributed by atoms with Gasteiger partial charge in [0.2, 0.25) is 5.78 Å². The van der Waals surface area contributed by atoms with Gasteiger partial charge in [0.1, 0.15) is 0 Å². The summed E-state index contributed by atoms with van der Waals surface area (Å²) in [4.78, 5) is 14.4. The summed E-state index contributed by atoms with van der Waals surface area (Å²) in [5.41, 5.74) is 1.16. The zero-order valence-corrected chi connectivity index (χ0v) is 11.5. The summed E-state index contributed by atoms with van der Waals surface area (Å²) >= 11 is 16.5. The number of carbonyl (C=O) groups excluding carboxylic acids is 1. The van der Waals surface area contributed by atoms with Crippen LogP contribution in [0.15, 0.2) is 18.3 Å². The lowest BCUT2D eigenvalue weighted by Crippen LogP contribution is -2.19. The molecule has 0 fully saturated rings. The average molecular weight is 296 g/mol. The van der Waals surface area contributed by atoms with Crippen LogP contribution in [0.5, 0.6) is 0 Å². The van der Waals surface area contributed by atoms with Crippen molar-refractivity contribution in [2.24, 2.45) is 0 Å². The first-order valence-electron chi connectivity index (χ1n) is 5.06. The summed E-state index contributed by atoms with van der Waals surface area (Å²) in [7, 11) is 1.89. The minimum atomic E-state index is -1.92. The van der Waals surface area contributed by atoms with E-state index in [4.69, 9.17) is 34.8 Å². The number of aromatic amines is 1. The normalized spacial score (nSPS) is 12.2. The number of halogens is 3. The van der Waals surface area contributed by atoms with Crippen molar-refractivity contribution in [3.8, 4) is 0 Å². The minimum Gasteiger partial charge on any atom is -0.358 e. The molecule has 17 heavy (non-hydrogen) atoms. The molecule has 0 bridgehead atoms. The molecule has 94 valence electrons. The van der Waals surface area contributed by atoms with E-state index in [1.165, 1.54) is 0 Å². The number of carbonyl (C=O) groups is 1. The molecule has 0 aliphatic carbocycles. The molecule has 0 aliphatic heterocycles. The van der Waals surface area contributed by atoms with Crippen molar-refractivity contribution >= 4 is 46.7 Å². The fourth-order valence-electron chi connectivity index (χ4n) is 1.24. The fraction of sp³-hybridized carbons (Fsp3) is 0.364. The molecule has 0 aliphatic rings. The lowest BCUT2D eigenvalue weighted by molar-refractivity contribution is 0.0992. The summed E-state index contributed by atoms with van der Waals surface area (Å²) in [6.45, 7) is 0.904. The Balaban J connectivity index is 2.66. The number of nitrogens with one attached hydrogen (secondary N) is 2. The lowest BCUT2D eigenvalue weighted by Gasteiger charge is -2.06. The van der Waals surface area contributed by atoms with E-state index in [2.05, 4.69) is 10.3 Å². The Hall–Kier alpha value is -0.480. The average Bonchev–Trinajstić information content (AvgIpc) is 2.70. The van der Waals surface area contributed by atoms with Crippen LogP contribution in [0.25, 0.3) is 6.08 Å². The maximum Gasteiger partial charge on any atom is 0.254 e. The molecule has 1 aromatic rings. The van der Waals surface area contributed by atoms with Gasteiger partial charge in [0.25, 0.3) is 3.79 Å². The van der Waals surface area contributed by atoms with Gasteiger partial charge in [-0.1, -0.05) is 47.0 Å². The number of hydrogen-bond acceptors (Lipinski definition) is 2. The van der Waals surface area contributed by atoms with E-state index >= 15 is 0 Å². The molecule has 0 aromatic carbocycles. The maximum absolute atomic E-state index is 11.6. The first-order chi connectivity index (χ1) is 7.95. The van der Waals surface area contributed by atoms with Gasteiger partial charge in [-0.05, 0) is 31.6 Å². The van der Waals surface area contributed by atoms with Crippen molar-refractivity contribution in [1.82, 2.24) is 10.3 Å². The highest BCUT2D eigenvalue weighted by Gasteiger charge is 2.32. The summed E-state index contributed by atoms with van der Waals surface area (Å²) < 4.78 is -1.92. The van der Waals surface area contributed by atoms with Crippen LogP contribution in [0.4, 0.5) is 0 Å². The first kappa shape index (κ1) is 14.6. The largest absolute Gasteiger partial charge is 0.358 e. The second kappa shape index (κ2) is 6.45. The van der Waals surface area contributed by atoms with Crippen molar-refractivity contribution < 1.29 is 4.79 Å². The van der Waals surface area contributed by atoms with E-state index in [1.54, 1.807) is 12.3 Å². The predicted octanol–water partition coefficient (Wildman–Crippen LogP) is 3.19. The molecule has 2 N–H and O–H groups in total. The molecule has 0 saturated heterocycles. The van der Waals surface area contributed by atoms with Crippen LogP contribution in [-0.4, -0.2) is 28.2 Å². The molecule has 0 radical (unpaired) electrons. The molecule has 0 atom stereocenters. The quantitative estimate of drug-likeness (QED) is 0.498. The SMILES string of the molecule is CNCCC=Cc1c[nH]c(C(=O)C(Cl)(Cl)Cl)c1. The molecule has 1 rings (SSSR count). The molecule has 1 aromatic heterocycles. The van der Waals surface area contributed by atoms with Gasteiger partial charge in [-0.2, -0.15) is 0 Å². The van der Waals surface area contributed by atoms with E-state index in [9.17, 15) is 4.79 Å². The first-order valence-corrected chi connectivity index (χ1v) is 6.19. The Kier molecular flexibility index (Phi) is 5.53. The summed E-state index contributed by atoms with van der Waals surface area (Å²) in [6.07, 6.45) is 6.52. The minimum absolute atomic E-state index is 0.290. The Morgan fingerprint density at radius 1 is 1.53 bits per heavy atom. The van der Waals surface area contributed by atoms with E-state index in [0.29, 0.717) is 5.69 Å². The van der Waals surface area contributed by atoms with Crippen LogP contribution in [0.1, 0.15) is 22.5 Å². The molecular weight excluding hydrogens is 282 g/mol. The topological polar surface area (TPSA) is 44.9 Å². The Labute approximate surface area is 115 Å². The van der Waals surface area contributed by atoms with Crippen LogP contribution in [0, 0.1) is 0 Å². The highest BCUT2D eigenvalue weighted by atomic mass is 35.6. The van der Waals surface area contributed by atoms with Gasteiger partial charge in [-0.15, -0.1) is 0 Å². The maximum atomic E-state index is 11.6. The number of H-pyrrole nitrogens is 1. The summed E-state index contributed by atoms with van der Waals surface area (Å²) in [6, 6.07) is 1.65. The van der Waals surface area contributed by atoms with Gasteiger partial charge in [-0.25, -0.2) is 0 Å². The van der Waals surface area contributed by atoms with Gasteiger partial charge in [-0.3, -0.25) is 4.79 Å². The highest BCUT2D eigenvalue weighted by Crippen LogP contribution is 2.30. The molecular formula is C11H13Cl3N2O. The molecule has 0 amide bonds. The molecule has 3 nitrogen and oxygen atoms in total. The van der Waals surface area contributed by atoms with Gasteiger partial charge in [0, 0.05) is 6.20 Å². The third kappa shape index (κ3) is 4.72. The van der Waals surface area contributed by atoms with Crippen molar-refractivity contribution in [3.63, 3.8) is 0 Å². The molecule has 0 spiro atoms. The van der Waals surface area contributed by atoms with Crippen molar-refractivity contribution in [1.29, 1.82) is 0 Å². The van der Waals surface area contributed by atoms with Crippen molar-refractivity contribution in [2.45, 2.75) is 10.2 Å². The van der Waals surface area contributed by atoms with Gasteiger partial charge < -0.3 is 10.3 Å². The summed E-state index contributed by atoms with van der Waals surface area (Å²) in [5, 5.41) is 3.03. The second-order valence-electron chi connectivity index (χ2n) is 3.47. The van der Waals surface area contributed by atoms with Crippen LogP contribution < -0.4 is 5.32 Å². The Morgan fingerprint density at radius 3 is 2.82 bits per heavy atom. The van der Waals surface area contributed by atoms with E-state index in [0.717, 1.165) is 18.5 Å². The van der Waals surface area contributed by atoms with Crippen LogP contribution >= 0.6 is 34.8 Å². The Morgan fingerprint density at radius 2 is 2.24 bits per heavy atom. The van der Waals surface area contributed by atoms with Crippen molar-refractivity contribution in [3.05, 3.63) is 29.6 Å². The van der Waals surface area contributed by atoms with Crippen LogP contribution in [-0.2, 0) is 0 Å². The number of hydrogen-bond donors (Lipinski definition) is 2. The highest BCUT2D eigenvalue weighted by molar-refractivity contribution is 6.77. The van der Waals surface area contributed by atoms with Crippen molar-refractivity contribution in [2.75, 3.05) is 13.6 Å². The number of Topliss-reactive ketones (excluding diaryl/α,β-unsaturated/α-hetero) is 1. The van der Waals surface area contributed by atoms with Gasteiger partial charge in [0.15, 0.2) is 0 Å². The zero-order chi connectivity index (χ0) is 12.9. The van der Waals surface area contributed by atoms with Gasteiger partial charge >= 0.3 is 0 Å². The number of ketones is 1. The predicted molar refractivity (Wildman–Crippen MR) is 73.0 cm³/mol.